The third-order valence-corrected chi connectivity index (χ3v) is 3.81. The smallest absolute Gasteiger partial charge is 0.386 e. The normalized spacial score (nSPS) is 12.9. The van der Waals surface area contributed by atoms with Crippen molar-refractivity contribution in [2.24, 2.45) is 9.98 Å². The van der Waals surface area contributed by atoms with Crippen LogP contribution in [0.4, 0.5) is 18.9 Å². The van der Waals surface area contributed by atoms with Gasteiger partial charge in [-0.15, -0.1) is 0 Å². The number of fused-ring (bicyclic) bond motifs is 1. The molecule has 0 saturated heterocycles. The highest BCUT2D eigenvalue weighted by Crippen LogP contribution is 2.29. The Bertz CT molecular complexity index is 946. The fourth-order valence-corrected chi connectivity index (χ4v) is 2.54. The topological polar surface area (TPSA) is 75.1 Å². The average Bonchev–Trinajstić information content (AvgIpc) is 2.84. The number of hydrogen-bond acceptors (Lipinski definition) is 5. The Kier molecular flexibility index (Phi) is 7.57. The minimum absolute atomic E-state index is 0.188. The molecule has 0 spiro atoms. The van der Waals surface area contributed by atoms with Gasteiger partial charge in [0.2, 0.25) is 5.91 Å². The van der Waals surface area contributed by atoms with Crippen molar-refractivity contribution in [3.63, 3.8) is 0 Å². The number of hydrogen-bond donors (Lipinski definition) is 2. The number of hydrazine groups is 1. The van der Waals surface area contributed by atoms with E-state index in [0.717, 1.165) is 28.3 Å². The maximum atomic E-state index is 11.1. The molecule has 1 amide bonds. The number of methoxy groups -OCH3 is 1. The monoisotopic (exact) mass is 420 g/mol. The molecule has 0 atom stereocenters. The maximum absolute atomic E-state index is 11.1. The Morgan fingerprint density at radius 3 is 2.33 bits per heavy atom. The van der Waals surface area contributed by atoms with E-state index in [1.165, 1.54) is 12.5 Å². The molecule has 1 aliphatic rings. The van der Waals surface area contributed by atoms with Gasteiger partial charge in [0.1, 0.15) is 11.6 Å². The average molecular weight is 420 g/mol. The molecular formula is C21H23F3N4O2. The lowest BCUT2D eigenvalue weighted by molar-refractivity contribution is -0.119. The Morgan fingerprint density at radius 2 is 1.77 bits per heavy atom. The number of amides is 1. The first-order chi connectivity index (χ1) is 14.1. The van der Waals surface area contributed by atoms with Crippen molar-refractivity contribution in [2.75, 3.05) is 13.7 Å². The van der Waals surface area contributed by atoms with Gasteiger partial charge >= 0.3 is 6.18 Å². The molecule has 0 aromatic heterocycles. The summed E-state index contributed by atoms with van der Waals surface area (Å²) in [7, 11) is 1.63. The molecule has 0 unspecified atom stereocenters. The number of benzene rings is 2. The van der Waals surface area contributed by atoms with Crippen LogP contribution in [0.15, 0.2) is 52.4 Å². The number of amidine groups is 1. The first-order valence-corrected chi connectivity index (χ1v) is 9.03. The molecule has 9 heteroatoms. The van der Waals surface area contributed by atoms with Crippen molar-refractivity contribution in [1.82, 2.24) is 10.9 Å². The molecule has 2 aromatic rings. The second kappa shape index (κ2) is 9.91. The quantitative estimate of drug-likeness (QED) is 0.719. The van der Waals surface area contributed by atoms with Crippen molar-refractivity contribution in [1.29, 1.82) is 0 Å². The fraction of sp³-hybridized carbons (Fsp3) is 0.286. The lowest BCUT2D eigenvalue weighted by atomic mass is 9.99. The number of ether oxygens (including phenoxy) is 1. The summed E-state index contributed by atoms with van der Waals surface area (Å²) in [6.07, 6.45) is -4.00. The Hall–Kier alpha value is -3.36. The summed E-state index contributed by atoms with van der Waals surface area (Å²) in [6, 6.07) is 13.9. The molecule has 2 N–H and O–H groups in total. The molecule has 0 fully saturated rings. The molecule has 0 bridgehead atoms. The van der Waals surface area contributed by atoms with E-state index in [1.54, 1.807) is 7.11 Å². The van der Waals surface area contributed by atoms with E-state index in [-0.39, 0.29) is 12.8 Å². The standard InChI is InChI=1S/C19H20N4O2.C2H3F3/c1-12-4-6-14(7-5-12)19-16-10-15(25-3)8-9-17(16)21-18(11-20-19)23-22-13(2)24;1-2(3,4)5/h4-10H,11H2,1-3H3,(H,21,23)(H,22,24);1H3. The third kappa shape index (κ3) is 7.23. The van der Waals surface area contributed by atoms with Crippen LogP contribution in [0.2, 0.25) is 0 Å². The second-order valence-electron chi connectivity index (χ2n) is 6.56. The molecular weight excluding hydrogens is 397 g/mol. The van der Waals surface area contributed by atoms with Crippen molar-refractivity contribution in [2.45, 2.75) is 26.9 Å². The Morgan fingerprint density at radius 1 is 1.13 bits per heavy atom. The van der Waals surface area contributed by atoms with Gasteiger partial charge in [-0.25, -0.2) is 4.99 Å². The summed E-state index contributed by atoms with van der Waals surface area (Å²) < 4.78 is 36.4. The summed E-state index contributed by atoms with van der Waals surface area (Å²) in [4.78, 5) is 20.5. The number of halogens is 3. The lowest BCUT2D eigenvalue weighted by Crippen LogP contribution is -2.41. The molecule has 0 saturated carbocycles. The number of nitrogens with zero attached hydrogens (tertiary/aromatic N) is 2. The Balaban J connectivity index is 0.000000575. The van der Waals surface area contributed by atoms with Gasteiger partial charge in [0, 0.05) is 25.0 Å². The van der Waals surface area contributed by atoms with Gasteiger partial charge in [-0.1, -0.05) is 29.8 Å². The molecule has 6 nitrogen and oxygen atoms in total. The number of rotatable bonds is 2. The highest BCUT2D eigenvalue weighted by atomic mass is 19.4. The van der Waals surface area contributed by atoms with Crippen LogP contribution in [-0.2, 0) is 4.79 Å². The van der Waals surface area contributed by atoms with E-state index >= 15 is 0 Å². The molecule has 0 aliphatic carbocycles. The minimum atomic E-state index is -4.00. The number of aryl methyl sites for hydroxylation is 1. The van der Waals surface area contributed by atoms with E-state index in [9.17, 15) is 18.0 Å². The molecule has 0 radical (unpaired) electrons. The van der Waals surface area contributed by atoms with Crippen LogP contribution < -0.4 is 15.6 Å². The minimum Gasteiger partial charge on any atom is -0.497 e. The van der Waals surface area contributed by atoms with Crippen LogP contribution in [-0.4, -0.2) is 37.3 Å². The van der Waals surface area contributed by atoms with Crippen LogP contribution in [0.1, 0.15) is 30.5 Å². The van der Waals surface area contributed by atoms with E-state index < -0.39 is 6.18 Å². The first kappa shape index (κ1) is 22.9. The predicted molar refractivity (Wildman–Crippen MR) is 110 cm³/mol. The molecule has 2 aromatic carbocycles. The van der Waals surface area contributed by atoms with Gasteiger partial charge < -0.3 is 4.74 Å². The molecule has 1 aliphatic heterocycles. The van der Waals surface area contributed by atoms with Gasteiger partial charge in [0.05, 0.1) is 25.1 Å². The number of alkyl halides is 3. The van der Waals surface area contributed by atoms with Gasteiger partial charge in [-0.2, -0.15) is 13.2 Å². The van der Waals surface area contributed by atoms with Gasteiger partial charge in [-0.05, 0) is 25.1 Å². The molecule has 160 valence electrons. The molecule has 30 heavy (non-hydrogen) atoms. The zero-order valence-electron chi connectivity index (χ0n) is 17.1. The predicted octanol–water partition coefficient (Wildman–Crippen LogP) is 4.09. The highest BCUT2D eigenvalue weighted by molar-refractivity contribution is 6.17. The zero-order valence-corrected chi connectivity index (χ0v) is 17.1. The van der Waals surface area contributed by atoms with Crippen molar-refractivity contribution < 1.29 is 22.7 Å². The Labute approximate surface area is 172 Å². The van der Waals surface area contributed by atoms with Gasteiger partial charge in [0.25, 0.3) is 0 Å². The third-order valence-electron chi connectivity index (χ3n) is 3.81. The van der Waals surface area contributed by atoms with E-state index in [1.807, 2.05) is 37.3 Å². The second-order valence-corrected chi connectivity index (χ2v) is 6.56. The van der Waals surface area contributed by atoms with Gasteiger partial charge in [0.15, 0.2) is 0 Å². The SMILES string of the molecule is CC(F)(F)F.COc1ccc2c(c1)C(c1ccc(C)cc1)=NCC(NNC(C)=O)=N2. The lowest BCUT2D eigenvalue weighted by Gasteiger charge is -2.10. The van der Waals surface area contributed by atoms with Crippen LogP contribution in [0.5, 0.6) is 5.75 Å². The largest absolute Gasteiger partial charge is 0.497 e. The van der Waals surface area contributed by atoms with E-state index in [2.05, 4.69) is 28.0 Å². The summed E-state index contributed by atoms with van der Waals surface area (Å²) in [6.45, 7) is 4.01. The first-order valence-electron chi connectivity index (χ1n) is 9.03. The van der Waals surface area contributed by atoms with Crippen molar-refractivity contribution in [3.05, 3.63) is 59.2 Å². The van der Waals surface area contributed by atoms with Crippen molar-refractivity contribution in [3.8, 4) is 5.75 Å². The number of carbonyl (C=O) groups is 1. The number of aliphatic imine (C=N–C) groups is 2. The van der Waals surface area contributed by atoms with Gasteiger partial charge in [-0.3, -0.25) is 20.6 Å². The summed E-state index contributed by atoms with van der Waals surface area (Å²) >= 11 is 0. The summed E-state index contributed by atoms with van der Waals surface area (Å²) in [5.41, 5.74) is 10.1. The van der Waals surface area contributed by atoms with Crippen LogP contribution in [0.25, 0.3) is 0 Å². The maximum Gasteiger partial charge on any atom is 0.386 e. The van der Waals surface area contributed by atoms with Crippen molar-refractivity contribution >= 4 is 23.1 Å². The molecule has 3 rings (SSSR count). The zero-order chi connectivity index (χ0) is 22.3. The van der Waals surface area contributed by atoms with E-state index in [4.69, 9.17) is 9.73 Å². The molecule has 1 heterocycles. The number of carbonyl (C=O) groups excluding carboxylic acids is 1. The van der Waals surface area contributed by atoms with Crippen LogP contribution in [0.3, 0.4) is 0 Å². The van der Waals surface area contributed by atoms with Crippen LogP contribution in [0, 0.1) is 6.92 Å². The number of nitrogens with one attached hydrogen (secondary N) is 2. The summed E-state index contributed by atoms with van der Waals surface area (Å²) in [5, 5.41) is 0. The van der Waals surface area contributed by atoms with Crippen LogP contribution >= 0.6 is 0 Å². The summed E-state index contributed by atoms with van der Waals surface area (Å²) in [5.74, 6) is 1.13. The fourth-order valence-electron chi connectivity index (χ4n) is 2.54. The highest BCUT2D eigenvalue weighted by Gasteiger charge is 2.17. The van der Waals surface area contributed by atoms with E-state index in [0.29, 0.717) is 12.4 Å².